The van der Waals surface area contributed by atoms with Gasteiger partial charge in [0.2, 0.25) is 5.91 Å². The van der Waals surface area contributed by atoms with Crippen LogP contribution in [0.5, 0.6) is 0 Å². The van der Waals surface area contributed by atoms with E-state index in [9.17, 15) is 9.59 Å². The average molecular weight is 340 g/mol. The standard InChI is InChI=1S/C17H28N2O5/c1-17(2,3)24-16(21)18-8-4-7-14(20)19-9-5-6-13(12-19)15-22-10-11-23-15/h4,7,13,15H,5-6,8-12H2,1-3H3,(H,18,21). The van der Waals surface area contributed by atoms with E-state index >= 15 is 0 Å². The molecule has 0 aromatic rings. The van der Waals surface area contributed by atoms with Crippen molar-refractivity contribution in [3.8, 4) is 0 Å². The predicted octanol–water partition coefficient (Wildman–Crippen LogP) is 1.68. The molecule has 24 heavy (non-hydrogen) atoms. The summed E-state index contributed by atoms with van der Waals surface area (Å²) >= 11 is 0. The lowest BCUT2D eigenvalue weighted by molar-refractivity contribution is -0.134. The highest BCUT2D eigenvalue weighted by molar-refractivity contribution is 5.87. The van der Waals surface area contributed by atoms with E-state index in [2.05, 4.69) is 5.32 Å². The lowest BCUT2D eigenvalue weighted by atomic mass is 9.97. The number of carbonyl (C=O) groups is 2. The van der Waals surface area contributed by atoms with E-state index in [1.165, 1.54) is 6.08 Å². The van der Waals surface area contributed by atoms with Crippen molar-refractivity contribution < 1.29 is 23.8 Å². The largest absolute Gasteiger partial charge is 0.444 e. The zero-order valence-electron chi connectivity index (χ0n) is 14.7. The SMILES string of the molecule is CC(C)(C)OC(=O)NCC=CC(=O)N1CCCC(C2OCCO2)C1. The monoisotopic (exact) mass is 340 g/mol. The van der Waals surface area contributed by atoms with Crippen molar-refractivity contribution in [1.82, 2.24) is 10.2 Å². The van der Waals surface area contributed by atoms with Crippen LogP contribution in [0.1, 0.15) is 33.6 Å². The molecule has 2 fully saturated rings. The van der Waals surface area contributed by atoms with Gasteiger partial charge in [-0.05, 0) is 33.6 Å². The maximum Gasteiger partial charge on any atom is 0.407 e. The highest BCUT2D eigenvalue weighted by atomic mass is 16.7. The molecular weight excluding hydrogens is 312 g/mol. The van der Waals surface area contributed by atoms with Gasteiger partial charge in [-0.1, -0.05) is 6.08 Å². The number of alkyl carbamates (subject to hydrolysis) is 1. The summed E-state index contributed by atoms with van der Waals surface area (Å²) in [5, 5.41) is 2.59. The van der Waals surface area contributed by atoms with Crippen LogP contribution in [0.4, 0.5) is 4.79 Å². The predicted molar refractivity (Wildman–Crippen MR) is 88.4 cm³/mol. The van der Waals surface area contributed by atoms with Gasteiger partial charge in [0, 0.05) is 31.6 Å². The van der Waals surface area contributed by atoms with E-state index in [1.54, 1.807) is 26.8 Å². The highest BCUT2D eigenvalue weighted by Gasteiger charge is 2.32. The normalized spacial score (nSPS) is 22.8. The Morgan fingerprint density at radius 1 is 1.29 bits per heavy atom. The number of hydrogen-bond acceptors (Lipinski definition) is 5. The smallest absolute Gasteiger partial charge is 0.407 e. The second kappa shape index (κ2) is 8.48. The Kier molecular flexibility index (Phi) is 6.62. The number of hydrogen-bond donors (Lipinski definition) is 1. The molecule has 1 atom stereocenters. The van der Waals surface area contributed by atoms with E-state index in [-0.39, 0.29) is 24.7 Å². The van der Waals surface area contributed by atoms with Crippen LogP contribution in [0.25, 0.3) is 0 Å². The van der Waals surface area contributed by atoms with Crippen LogP contribution >= 0.6 is 0 Å². The van der Waals surface area contributed by atoms with Crippen molar-refractivity contribution in [2.45, 2.75) is 45.5 Å². The number of nitrogens with zero attached hydrogens (tertiary/aromatic N) is 1. The van der Waals surface area contributed by atoms with E-state index in [4.69, 9.17) is 14.2 Å². The summed E-state index contributed by atoms with van der Waals surface area (Å²) in [5.41, 5.74) is -0.531. The first-order chi connectivity index (χ1) is 11.3. The fraction of sp³-hybridized carbons (Fsp3) is 0.765. The molecule has 7 nitrogen and oxygen atoms in total. The van der Waals surface area contributed by atoms with Crippen LogP contribution in [-0.2, 0) is 19.0 Å². The lowest BCUT2D eigenvalue weighted by Gasteiger charge is -2.34. The molecule has 0 bridgehead atoms. The summed E-state index contributed by atoms with van der Waals surface area (Å²) in [5.74, 6) is 0.183. The van der Waals surface area contributed by atoms with Gasteiger partial charge in [0.25, 0.3) is 0 Å². The molecule has 2 rings (SSSR count). The third kappa shape index (κ3) is 6.13. The Hall–Kier alpha value is -1.60. The van der Waals surface area contributed by atoms with Crippen LogP contribution < -0.4 is 5.32 Å². The maximum atomic E-state index is 12.2. The van der Waals surface area contributed by atoms with Crippen molar-refractivity contribution in [3.63, 3.8) is 0 Å². The second-order valence-electron chi connectivity index (χ2n) is 7.08. The van der Waals surface area contributed by atoms with E-state index < -0.39 is 11.7 Å². The molecule has 2 aliphatic heterocycles. The van der Waals surface area contributed by atoms with Gasteiger partial charge in [0.1, 0.15) is 5.60 Å². The number of carbonyl (C=O) groups excluding carboxylic acids is 2. The first kappa shape index (κ1) is 18.7. The molecule has 2 saturated heterocycles. The maximum absolute atomic E-state index is 12.2. The first-order valence-electron chi connectivity index (χ1n) is 8.50. The van der Waals surface area contributed by atoms with Crippen molar-refractivity contribution in [2.24, 2.45) is 5.92 Å². The lowest BCUT2D eigenvalue weighted by Crippen LogP contribution is -2.43. The molecule has 2 heterocycles. The molecular formula is C17H28N2O5. The number of piperidine rings is 1. The molecule has 136 valence electrons. The van der Waals surface area contributed by atoms with Gasteiger partial charge in [-0.3, -0.25) is 4.79 Å². The van der Waals surface area contributed by atoms with Crippen molar-refractivity contribution in [2.75, 3.05) is 32.8 Å². The minimum atomic E-state index is -0.531. The third-order valence-electron chi connectivity index (χ3n) is 3.83. The first-order valence-corrected chi connectivity index (χ1v) is 8.50. The average Bonchev–Trinajstić information content (AvgIpc) is 3.04. The second-order valence-corrected chi connectivity index (χ2v) is 7.08. The summed E-state index contributed by atoms with van der Waals surface area (Å²) in [6.45, 7) is 8.31. The summed E-state index contributed by atoms with van der Waals surface area (Å²) in [7, 11) is 0. The number of likely N-dealkylation sites (tertiary alicyclic amines) is 1. The number of amides is 2. The molecule has 0 radical (unpaired) electrons. The number of ether oxygens (including phenoxy) is 3. The minimum Gasteiger partial charge on any atom is -0.444 e. The van der Waals surface area contributed by atoms with Gasteiger partial charge in [-0.15, -0.1) is 0 Å². The summed E-state index contributed by atoms with van der Waals surface area (Å²) < 4.78 is 16.2. The van der Waals surface area contributed by atoms with Crippen LogP contribution in [0.3, 0.4) is 0 Å². The molecule has 1 N–H and O–H groups in total. The summed E-state index contributed by atoms with van der Waals surface area (Å²) in [6.07, 6.45) is 4.42. The fourth-order valence-electron chi connectivity index (χ4n) is 2.80. The molecule has 7 heteroatoms. The number of nitrogens with one attached hydrogen (secondary N) is 1. The van der Waals surface area contributed by atoms with Gasteiger partial charge >= 0.3 is 6.09 Å². The van der Waals surface area contributed by atoms with Crippen LogP contribution in [0.15, 0.2) is 12.2 Å². The van der Waals surface area contributed by atoms with Gasteiger partial charge < -0.3 is 24.4 Å². The zero-order valence-corrected chi connectivity index (χ0v) is 14.7. The molecule has 0 spiro atoms. The van der Waals surface area contributed by atoms with E-state index in [0.717, 1.165) is 19.4 Å². The van der Waals surface area contributed by atoms with Gasteiger partial charge in [-0.25, -0.2) is 4.79 Å². The van der Waals surface area contributed by atoms with Gasteiger partial charge in [0.15, 0.2) is 6.29 Å². The van der Waals surface area contributed by atoms with Crippen molar-refractivity contribution in [3.05, 3.63) is 12.2 Å². The molecule has 0 aromatic carbocycles. The van der Waals surface area contributed by atoms with E-state index in [0.29, 0.717) is 19.8 Å². The van der Waals surface area contributed by atoms with Crippen molar-refractivity contribution in [1.29, 1.82) is 0 Å². The number of rotatable bonds is 4. The Bertz CT molecular complexity index is 466. The molecule has 2 aliphatic rings. The topological polar surface area (TPSA) is 77.1 Å². The molecule has 0 aliphatic carbocycles. The molecule has 1 unspecified atom stereocenters. The fourth-order valence-corrected chi connectivity index (χ4v) is 2.80. The summed E-state index contributed by atoms with van der Waals surface area (Å²) in [4.78, 5) is 25.6. The van der Waals surface area contributed by atoms with Crippen molar-refractivity contribution >= 4 is 12.0 Å². The van der Waals surface area contributed by atoms with Crippen LogP contribution in [0.2, 0.25) is 0 Å². The molecule has 0 saturated carbocycles. The van der Waals surface area contributed by atoms with Gasteiger partial charge in [0.05, 0.1) is 13.2 Å². The van der Waals surface area contributed by atoms with Gasteiger partial charge in [-0.2, -0.15) is 0 Å². The highest BCUT2D eigenvalue weighted by Crippen LogP contribution is 2.24. The molecule has 0 aromatic heterocycles. The Labute approximate surface area is 143 Å². The summed E-state index contributed by atoms with van der Waals surface area (Å²) in [6, 6.07) is 0. The van der Waals surface area contributed by atoms with E-state index in [1.807, 2.05) is 4.90 Å². The minimum absolute atomic E-state index is 0.0521. The quantitative estimate of drug-likeness (QED) is 0.788. The Morgan fingerprint density at radius 2 is 2.00 bits per heavy atom. The third-order valence-corrected chi connectivity index (χ3v) is 3.83. The van der Waals surface area contributed by atoms with Crippen LogP contribution in [0, 0.1) is 5.92 Å². The Balaban J connectivity index is 1.72. The zero-order chi connectivity index (χ0) is 17.6. The van der Waals surface area contributed by atoms with Crippen LogP contribution in [-0.4, -0.2) is 61.6 Å². The molecule has 2 amide bonds. The Morgan fingerprint density at radius 3 is 2.67 bits per heavy atom.